The minimum atomic E-state index is 0.390. The zero-order valence-corrected chi connectivity index (χ0v) is 15.6. The zero-order chi connectivity index (χ0) is 17.4. The maximum Gasteiger partial charge on any atom is 0.130 e. The van der Waals surface area contributed by atoms with Crippen LogP contribution in [-0.2, 0) is 7.05 Å². The van der Waals surface area contributed by atoms with Gasteiger partial charge < -0.3 is 9.47 Å². The number of nitriles is 1. The van der Waals surface area contributed by atoms with Gasteiger partial charge in [0.1, 0.15) is 11.6 Å². The first-order valence-electron chi connectivity index (χ1n) is 8.38. The number of piperidine rings is 1. The summed E-state index contributed by atoms with van der Waals surface area (Å²) in [5.74, 6) is 2.39. The van der Waals surface area contributed by atoms with Gasteiger partial charge in [0, 0.05) is 48.3 Å². The molecular weight excluding hydrogens is 378 g/mol. The lowest BCUT2D eigenvalue weighted by molar-refractivity contribution is 0.479. The van der Waals surface area contributed by atoms with Crippen LogP contribution >= 0.6 is 15.9 Å². The van der Waals surface area contributed by atoms with Crippen LogP contribution in [0.15, 0.2) is 41.1 Å². The Morgan fingerprint density at radius 2 is 2.20 bits per heavy atom. The van der Waals surface area contributed by atoms with Crippen LogP contribution in [0.1, 0.15) is 30.1 Å². The maximum atomic E-state index is 9.56. The number of rotatable bonds is 2. The molecule has 0 spiro atoms. The van der Waals surface area contributed by atoms with Gasteiger partial charge in [-0.15, -0.1) is 0 Å². The first-order valence-corrected chi connectivity index (χ1v) is 9.17. The van der Waals surface area contributed by atoms with Crippen LogP contribution in [0, 0.1) is 11.3 Å². The molecule has 4 rings (SSSR count). The van der Waals surface area contributed by atoms with Gasteiger partial charge in [-0.2, -0.15) is 5.26 Å². The van der Waals surface area contributed by atoms with Gasteiger partial charge in [-0.05, 0) is 37.1 Å². The summed E-state index contributed by atoms with van der Waals surface area (Å²) >= 11 is 3.47. The number of aryl methyl sites for hydroxylation is 1. The van der Waals surface area contributed by atoms with Crippen molar-refractivity contribution in [1.29, 1.82) is 5.26 Å². The van der Waals surface area contributed by atoms with Crippen molar-refractivity contribution in [3.05, 3.63) is 52.5 Å². The summed E-state index contributed by atoms with van der Waals surface area (Å²) in [5, 5.41) is 10.5. The van der Waals surface area contributed by atoms with Crippen LogP contribution in [0.3, 0.4) is 0 Å². The molecule has 5 nitrogen and oxygen atoms in total. The smallest absolute Gasteiger partial charge is 0.130 e. The molecule has 1 fully saturated rings. The number of halogens is 1. The monoisotopic (exact) mass is 395 g/mol. The Balaban J connectivity index is 1.70. The third-order valence-electron chi connectivity index (χ3n) is 4.85. The SMILES string of the molecule is Cn1ccnc1C1CCCN(c2cc(C#N)c3cc(Br)ccc3n2)C1. The normalized spacial score (nSPS) is 17.6. The van der Waals surface area contributed by atoms with E-state index in [9.17, 15) is 5.26 Å². The molecule has 3 heterocycles. The van der Waals surface area contributed by atoms with Crippen LogP contribution in [0.4, 0.5) is 5.82 Å². The number of hydrogen-bond donors (Lipinski definition) is 0. The lowest BCUT2D eigenvalue weighted by Crippen LogP contribution is -2.35. The second-order valence-electron chi connectivity index (χ2n) is 6.48. The highest BCUT2D eigenvalue weighted by Crippen LogP contribution is 2.31. The molecule has 1 atom stereocenters. The molecule has 1 aliphatic rings. The Labute approximate surface area is 155 Å². The van der Waals surface area contributed by atoms with E-state index in [2.05, 4.69) is 36.5 Å². The van der Waals surface area contributed by atoms with Gasteiger partial charge in [0.25, 0.3) is 0 Å². The van der Waals surface area contributed by atoms with E-state index in [-0.39, 0.29) is 0 Å². The van der Waals surface area contributed by atoms with Crippen LogP contribution < -0.4 is 4.90 Å². The molecule has 6 heteroatoms. The van der Waals surface area contributed by atoms with Crippen molar-refractivity contribution < 1.29 is 0 Å². The van der Waals surface area contributed by atoms with E-state index >= 15 is 0 Å². The Hall–Kier alpha value is -2.39. The molecular formula is C19H18BrN5. The summed E-state index contributed by atoms with van der Waals surface area (Å²) in [6.45, 7) is 1.84. The van der Waals surface area contributed by atoms with E-state index in [0.717, 1.165) is 52.9 Å². The number of anilines is 1. The van der Waals surface area contributed by atoms with Gasteiger partial charge in [0.2, 0.25) is 0 Å². The predicted octanol–water partition coefficient (Wildman–Crippen LogP) is 3.99. The summed E-state index contributed by atoms with van der Waals surface area (Å²) in [4.78, 5) is 11.6. The van der Waals surface area contributed by atoms with Crippen molar-refractivity contribution in [2.24, 2.45) is 7.05 Å². The average Bonchev–Trinajstić information content (AvgIpc) is 3.07. The number of nitrogens with zero attached hydrogens (tertiary/aromatic N) is 5. The maximum absolute atomic E-state index is 9.56. The summed E-state index contributed by atoms with van der Waals surface area (Å²) < 4.78 is 3.05. The highest BCUT2D eigenvalue weighted by Gasteiger charge is 2.25. The fourth-order valence-corrected chi connectivity index (χ4v) is 3.97. The molecule has 3 aromatic rings. The molecule has 0 radical (unpaired) electrons. The minimum Gasteiger partial charge on any atom is -0.356 e. The van der Waals surface area contributed by atoms with E-state index in [1.807, 2.05) is 43.7 Å². The van der Waals surface area contributed by atoms with Crippen LogP contribution in [0.25, 0.3) is 10.9 Å². The first kappa shape index (κ1) is 16.1. The molecule has 0 aliphatic carbocycles. The highest BCUT2D eigenvalue weighted by molar-refractivity contribution is 9.10. The number of aromatic nitrogens is 3. The first-order chi connectivity index (χ1) is 12.2. The molecule has 1 aliphatic heterocycles. The summed E-state index contributed by atoms with van der Waals surface area (Å²) in [6.07, 6.45) is 6.08. The molecule has 2 aromatic heterocycles. The van der Waals surface area contributed by atoms with Crippen LogP contribution in [0.5, 0.6) is 0 Å². The zero-order valence-electron chi connectivity index (χ0n) is 14.0. The summed E-state index contributed by atoms with van der Waals surface area (Å²) in [6, 6.07) is 10.1. The lowest BCUT2D eigenvalue weighted by Gasteiger charge is -2.33. The largest absolute Gasteiger partial charge is 0.356 e. The summed E-state index contributed by atoms with van der Waals surface area (Å²) in [5.41, 5.74) is 1.52. The number of fused-ring (bicyclic) bond motifs is 1. The van der Waals surface area contributed by atoms with Crippen molar-refractivity contribution in [3.8, 4) is 6.07 Å². The number of benzene rings is 1. The van der Waals surface area contributed by atoms with Crippen molar-refractivity contribution in [3.63, 3.8) is 0 Å². The van der Waals surface area contributed by atoms with E-state index in [1.54, 1.807) is 0 Å². The molecule has 0 amide bonds. The van der Waals surface area contributed by atoms with Gasteiger partial charge in [0.15, 0.2) is 0 Å². The van der Waals surface area contributed by atoms with Crippen molar-refractivity contribution >= 4 is 32.7 Å². The summed E-state index contributed by atoms with van der Waals surface area (Å²) in [7, 11) is 2.04. The average molecular weight is 396 g/mol. The molecule has 0 saturated carbocycles. The lowest BCUT2D eigenvalue weighted by atomic mass is 9.97. The third kappa shape index (κ3) is 3.00. The van der Waals surface area contributed by atoms with Crippen molar-refractivity contribution in [1.82, 2.24) is 14.5 Å². The van der Waals surface area contributed by atoms with Gasteiger partial charge >= 0.3 is 0 Å². The highest BCUT2D eigenvalue weighted by atomic mass is 79.9. The fraction of sp³-hybridized carbons (Fsp3) is 0.316. The predicted molar refractivity (Wildman–Crippen MR) is 102 cm³/mol. The molecule has 126 valence electrons. The Kier molecular flexibility index (Phi) is 4.18. The van der Waals surface area contributed by atoms with E-state index in [4.69, 9.17) is 4.98 Å². The standard InChI is InChI=1S/C19H18BrN5/c1-24-8-6-22-19(24)13-3-2-7-25(12-13)18-9-14(11-21)16-10-15(20)4-5-17(16)23-18/h4-6,8-10,13H,2-3,7,12H2,1H3. The van der Waals surface area contributed by atoms with Gasteiger partial charge in [-0.25, -0.2) is 9.97 Å². The number of hydrogen-bond acceptors (Lipinski definition) is 4. The second-order valence-corrected chi connectivity index (χ2v) is 7.40. The Bertz CT molecular complexity index is 972. The molecule has 1 saturated heterocycles. The van der Waals surface area contributed by atoms with Crippen LogP contribution in [-0.4, -0.2) is 27.6 Å². The quantitative estimate of drug-likeness (QED) is 0.658. The topological polar surface area (TPSA) is 57.7 Å². The Morgan fingerprint density at radius 3 is 2.96 bits per heavy atom. The van der Waals surface area contributed by atoms with E-state index in [0.29, 0.717) is 11.5 Å². The molecule has 1 aromatic carbocycles. The molecule has 25 heavy (non-hydrogen) atoms. The van der Waals surface area contributed by atoms with Gasteiger partial charge in [0.05, 0.1) is 17.1 Å². The minimum absolute atomic E-state index is 0.390. The molecule has 0 N–H and O–H groups in total. The Morgan fingerprint density at radius 1 is 1.32 bits per heavy atom. The van der Waals surface area contributed by atoms with Crippen LogP contribution in [0.2, 0.25) is 0 Å². The van der Waals surface area contributed by atoms with Gasteiger partial charge in [-0.3, -0.25) is 0 Å². The van der Waals surface area contributed by atoms with E-state index in [1.165, 1.54) is 0 Å². The fourth-order valence-electron chi connectivity index (χ4n) is 3.61. The van der Waals surface area contributed by atoms with Gasteiger partial charge in [-0.1, -0.05) is 15.9 Å². The van der Waals surface area contributed by atoms with Crippen molar-refractivity contribution in [2.75, 3.05) is 18.0 Å². The molecule has 0 bridgehead atoms. The second kappa shape index (κ2) is 6.49. The number of pyridine rings is 1. The van der Waals surface area contributed by atoms with E-state index < -0.39 is 0 Å². The molecule has 1 unspecified atom stereocenters. The third-order valence-corrected chi connectivity index (χ3v) is 5.34. The van der Waals surface area contributed by atoms with Crippen molar-refractivity contribution in [2.45, 2.75) is 18.8 Å². The number of imidazole rings is 1.